The fourth-order valence-corrected chi connectivity index (χ4v) is 4.50. The highest BCUT2D eigenvalue weighted by Gasteiger charge is 2.44. The third-order valence-electron chi connectivity index (χ3n) is 5.60. The van der Waals surface area contributed by atoms with Gasteiger partial charge in [0.05, 0.1) is 5.70 Å². The first-order valence-corrected chi connectivity index (χ1v) is 8.31. The molecule has 1 aromatic carbocycles. The molecule has 2 heterocycles. The van der Waals surface area contributed by atoms with Crippen molar-refractivity contribution < 1.29 is 4.79 Å². The molecule has 4 nitrogen and oxygen atoms in total. The van der Waals surface area contributed by atoms with Crippen LogP contribution >= 0.6 is 0 Å². The van der Waals surface area contributed by atoms with E-state index in [4.69, 9.17) is 0 Å². The first kappa shape index (κ1) is 14.5. The smallest absolute Gasteiger partial charge is 0.179 e. The minimum atomic E-state index is -0.0372. The lowest BCUT2D eigenvalue weighted by molar-refractivity contribution is -0.114. The lowest BCUT2D eigenvalue weighted by Crippen LogP contribution is -2.58. The molecule has 0 amide bonds. The monoisotopic (exact) mass is 307 g/mol. The number of fused-ring (bicyclic) bond motifs is 1. The van der Waals surface area contributed by atoms with E-state index in [9.17, 15) is 10.1 Å². The van der Waals surface area contributed by atoms with Crippen molar-refractivity contribution in [2.24, 2.45) is 5.41 Å². The number of Topliss-reactive ketones (excluding diaryl/α,β-unsaturated/α-hetero) is 1. The molecular formula is C19H21N3O. The summed E-state index contributed by atoms with van der Waals surface area (Å²) in [6, 6.07) is 10.2. The zero-order valence-electron chi connectivity index (χ0n) is 13.5. The van der Waals surface area contributed by atoms with Crippen LogP contribution in [0.4, 0.5) is 0 Å². The van der Waals surface area contributed by atoms with Crippen LogP contribution in [0, 0.1) is 16.7 Å². The van der Waals surface area contributed by atoms with Gasteiger partial charge in [-0.05, 0) is 30.9 Å². The molecular weight excluding hydrogens is 286 g/mol. The largest absolute Gasteiger partial charge is 0.370 e. The minimum absolute atomic E-state index is 0.0372. The molecule has 2 aliphatic heterocycles. The van der Waals surface area contributed by atoms with Crippen molar-refractivity contribution in [3.63, 3.8) is 0 Å². The van der Waals surface area contributed by atoms with Crippen molar-refractivity contribution in [1.29, 1.82) is 5.26 Å². The predicted molar refractivity (Wildman–Crippen MR) is 88.4 cm³/mol. The molecule has 1 spiro atoms. The third-order valence-corrected chi connectivity index (χ3v) is 5.60. The fraction of sp³-hybridized carbons (Fsp3) is 0.474. The van der Waals surface area contributed by atoms with E-state index in [0.717, 1.165) is 42.8 Å². The number of carbonyl (C=O) groups excluding carboxylic acids is 1. The van der Waals surface area contributed by atoms with Gasteiger partial charge >= 0.3 is 0 Å². The zero-order valence-corrected chi connectivity index (χ0v) is 13.5. The molecule has 4 heteroatoms. The number of carbonyl (C=O) groups is 1. The lowest BCUT2D eigenvalue weighted by Gasteiger charge is -2.53. The van der Waals surface area contributed by atoms with Gasteiger partial charge in [0.25, 0.3) is 0 Å². The van der Waals surface area contributed by atoms with Gasteiger partial charge in [0.2, 0.25) is 0 Å². The molecule has 3 aliphatic rings. The molecule has 4 rings (SSSR count). The van der Waals surface area contributed by atoms with Gasteiger partial charge in [0.1, 0.15) is 11.6 Å². The van der Waals surface area contributed by atoms with Crippen molar-refractivity contribution in [2.45, 2.75) is 19.3 Å². The number of likely N-dealkylation sites (tertiary alicyclic amines) is 2. The third kappa shape index (κ3) is 2.27. The summed E-state index contributed by atoms with van der Waals surface area (Å²) in [5.74, 6) is -0.0372. The highest BCUT2D eigenvalue weighted by atomic mass is 16.1. The van der Waals surface area contributed by atoms with E-state index in [-0.39, 0.29) is 5.78 Å². The summed E-state index contributed by atoms with van der Waals surface area (Å²) in [5, 5.41) is 9.52. The number of piperidine rings is 1. The van der Waals surface area contributed by atoms with Crippen molar-refractivity contribution in [3.05, 3.63) is 41.0 Å². The van der Waals surface area contributed by atoms with Crippen LogP contribution in [0.1, 0.15) is 24.0 Å². The molecule has 1 aromatic rings. The first-order valence-electron chi connectivity index (χ1n) is 8.31. The molecule has 0 saturated carbocycles. The van der Waals surface area contributed by atoms with E-state index >= 15 is 0 Å². The molecule has 0 bridgehead atoms. The van der Waals surface area contributed by atoms with Crippen molar-refractivity contribution in [2.75, 3.05) is 33.2 Å². The number of rotatable bonds is 1. The highest BCUT2D eigenvalue weighted by molar-refractivity contribution is 6.09. The van der Waals surface area contributed by atoms with Crippen LogP contribution in [0.25, 0.3) is 5.70 Å². The number of allylic oxidation sites excluding steroid dienone is 1. The Morgan fingerprint density at radius 3 is 2.52 bits per heavy atom. The van der Waals surface area contributed by atoms with Gasteiger partial charge in [0, 0.05) is 38.2 Å². The van der Waals surface area contributed by atoms with Gasteiger partial charge in [-0.3, -0.25) is 4.79 Å². The fourth-order valence-electron chi connectivity index (χ4n) is 4.50. The van der Waals surface area contributed by atoms with Crippen LogP contribution in [0.2, 0.25) is 0 Å². The Morgan fingerprint density at radius 2 is 1.87 bits per heavy atom. The standard InChI is InChI=1S/C19H21N3O/c1-21-12-19(13-21)6-8-22(9-7-19)18-15-5-3-2-4-14(15)10-17(23)16(18)11-20/h2-5H,6-10,12-13H2,1H3. The molecule has 2 fully saturated rings. The van der Waals surface area contributed by atoms with Crippen LogP contribution in [0.3, 0.4) is 0 Å². The van der Waals surface area contributed by atoms with E-state index in [1.165, 1.54) is 13.1 Å². The van der Waals surface area contributed by atoms with Crippen LogP contribution < -0.4 is 0 Å². The van der Waals surface area contributed by atoms with Crippen LogP contribution in [0.5, 0.6) is 0 Å². The maximum Gasteiger partial charge on any atom is 0.179 e. The summed E-state index contributed by atoms with van der Waals surface area (Å²) < 4.78 is 0. The molecule has 1 aliphatic carbocycles. The zero-order chi connectivity index (χ0) is 16.0. The van der Waals surface area contributed by atoms with Crippen molar-refractivity contribution in [3.8, 4) is 6.07 Å². The number of hydrogen-bond donors (Lipinski definition) is 0. The summed E-state index contributed by atoms with van der Waals surface area (Å²) in [4.78, 5) is 17.0. The SMILES string of the molecule is CN1CC2(CCN(C3=C(C#N)C(=O)Cc4ccccc43)CC2)C1. The normalized spacial score (nSPS) is 23.5. The molecule has 0 unspecified atom stereocenters. The number of nitriles is 1. The van der Waals surface area contributed by atoms with Gasteiger partial charge in [-0.2, -0.15) is 5.26 Å². The van der Waals surface area contributed by atoms with Crippen LogP contribution in [0.15, 0.2) is 29.8 Å². The second kappa shape index (κ2) is 5.21. The lowest BCUT2D eigenvalue weighted by atomic mass is 9.72. The maximum absolute atomic E-state index is 12.4. The Bertz CT molecular complexity index is 727. The second-order valence-corrected chi connectivity index (χ2v) is 7.25. The number of benzene rings is 1. The Labute approximate surface area is 137 Å². The first-order chi connectivity index (χ1) is 11.1. The number of hydrogen-bond acceptors (Lipinski definition) is 4. The Morgan fingerprint density at radius 1 is 1.17 bits per heavy atom. The molecule has 0 N–H and O–H groups in total. The quantitative estimate of drug-likeness (QED) is 0.797. The summed E-state index contributed by atoms with van der Waals surface area (Å²) >= 11 is 0. The molecule has 0 atom stereocenters. The average Bonchev–Trinajstić information content (AvgIpc) is 2.53. The number of ketones is 1. The topological polar surface area (TPSA) is 47.3 Å². The van der Waals surface area contributed by atoms with Gasteiger partial charge in [-0.25, -0.2) is 0 Å². The predicted octanol–water partition coefficient (Wildman–Crippen LogP) is 2.07. The van der Waals surface area contributed by atoms with Crippen LogP contribution in [-0.2, 0) is 11.2 Å². The molecule has 23 heavy (non-hydrogen) atoms. The second-order valence-electron chi connectivity index (χ2n) is 7.25. The highest BCUT2D eigenvalue weighted by Crippen LogP contribution is 2.42. The van der Waals surface area contributed by atoms with E-state index in [2.05, 4.69) is 29.0 Å². The van der Waals surface area contributed by atoms with Gasteiger partial charge in [-0.1, -0.05) is 24.3 Å². The van der Waals surface area contributed by atoms with Crippen molar-refractivity contribution >= 4 is 11.5 Å². The summed E-state index contributed by atoms with van der Waals surface area (Å²) in [7, 11) is 2.17. The van der Waals surface area contributed by atoms with E-state index in [1.54, 1.807) is 0 Å². The number of nitrogens with zero attached hydrogens (tertiary/aromatic N) is 3. The van der Waals surface area contributed by atoms with E-state index in [1.807, 2.05) is 18.2 Å². The van der Waals surface area contributed by atoms with E-state index in [0.29, 0.717) is 17.4 Å². The molecule has 118 valence electrons. The molecule has 0 radical (unpaired) electrons. The summed E-state index contributed by atoms with van der Waals surface area (Å²) in [5.41, 5.74) is 3.82. The Hall–Kier alpha value is -2.12. The van der Waals surface area contributed by atoms with E-state index < -0.39 is 0 Å². The van der Waals surface area contributed by atoms with Gasteiger partial charge in [-0.15, -0.1) is 0 Å². The molecule has 0 aromatic heterocycles. The Balaban J connectivity index is 1.66. The summed E-state index contributed by atoms with van der Waals surface area (Å²) in [6.45, 7) is 4.24. The maximum atomic E-state index is 12.4. The van der Waals surface area contributed by atoms with Gasteiger partial charge < -0.3 is 9.80 Å². The Kier molecular flexibility index (Phi) is 3.28. The molecule has 2 saturated heterocycles. The van der Waals surface area contributed by atoms with Crippen molar-refractivity contribution in [1.82, 2.24) is 9.80 Å². The van der Waals surface area contributed by atoms with Crippen LogP contribution in [-0.4, -0.2) is 48.8 Å². The van der Waals surface area contributed by atoms with Gasteiger partial charge in [0.15, 0.2) is 5.78 Å². The summed E-state index contributed by atoms with van der Waals surface area (Å²) in [6.07, 6.45) is 2.65. The average molecular weight is 307 g/mol. The minimum Gasteiger partial charge on any atom is -0.370 e.